The van der Waals surface area contributed by atoms with Crippen molar-refractivity contribution in [2.45, 2.75) is 27.7 Å². The molecule has 0 aromatic heterocycles. The van der Waals surface area contributed by atoms with Crippen LogP contribution < -0.4 is 10.6 Å². The van der Waals surface area contributed by atoms with Crippen molar-refractivity contribution in [2.24, 2.45) is 0 Å². The SMILES string of the molecule is Cc1cc(NC(=O)c2ccccc2C)ccc1C(=O)O.Cc1cccc(NC(=O)c2ccccc2C)c1. The predicted octanol–water partition coefficient (Wildman–Crippen LogP) is 6.81. The van der Waals surface area contributed by atoms with Crippen molar-refractivity contribution in [3.05, 3.63) is 130 Å². The van der Waals surface area contributed by atoms with E-state index in [9.17, 15) is 14.4 Å². The zero-order valence-corrected chi connectivity index (χ0v) is 21.3. The highest BCUT2D eigenvalue weighted by Gasteiger charge is 2.11. The van der Waals surface area contributed by atoms with E-state index in [0.29, 0.717) is 22.4 Å². The Morgan fingerprint density at radius 1 is 0.541 bits per heavy atom. The lowest BCUT2D eigenvalue weighted by Crippen LogP contribution is -2.13. The van der Waals surface area contributed by atoms with E-state index in [1.807, 2.05) is 81.4 Å². The Bertz CT molecular complexity index is 1440. The summed E-state index contributed by atoms with van der Waals surface area (Å²) in [5, 5.41) is 14.6. The van der Waals surface area contributed by atoms with Crippen LogP contribution in [-0.4, -0.2) is 22.9 Å². The Morgan fingerprint density at radius 3 is 1.51 bits per heavy atom. The molecule has 0 saturated carbocycles. The van der Waals surface area contributed by atoms with E-state index in [0.717, 1.165) is 22.4 Å². The van der Waals surface area contributed by atoms with Crippen LogP contribution in [0.5, 0.6) is 0 Å². The number of aromatic carboxylic acids is 1. The molecule has 0 fully saturated rings. The van der Waals surface area contributed by atoms with E-state index < -0.39 is 5.97 Å². The van der Waals surface area contributed by atoms with Crippen LogP contribution in [0.25, 0.3) is 0 Å². The van der Waals surface area contributed by atoms with Gasteiger partial charge in [-0.05, 0) is 92.4 Å². The summed E-state index contributed by atoms with van der Waals surface area (Å²) in [4.78, 5) is 35.1. The molecule has 37 heavy (non-hydrogen) atoms. The average Bonchev–Trinajstić information content (AvgIpc) is 2.85. The molecule has 0 aliphatic heterocycles. The molecular formula is C31H30N2O4. The fourth-order valence-corrected chi connectivity index (χ4v) is 3.76. The summed E-state index contributed by atoms with van der Waals surface area (Å²) in [6, 6.07) is 27.4. The summed E-state index contributed by atoms with van der Waals surface area (Å²) in [6.07, 6.45) is 0. The molecule has 0 spiro atoms. The van der Waals surface area contributed by atoms with Gasteiger partial charge in [0.05, 0.1) is 5.56 Å². The van der Waals surface area contributed by atoms with Gasteiger partial charge in [0.1, 0.15) is 0 Å². The third kappa shape index (κ3) is 7.39. The quantitative estimate of drug-likeness (QED) is 0.284. The highest BCUT2D eigenvalue weighted by atomic mass is 16.4. The molecule has 0 radical (unpaired) electrons. The second-order valence-electron chi connectivity index (χ2n) is 8.74. The van der Waals surface area contributed by atoms with E-state index in [4.69, 9.17) is 5.11 Å². The lowest BCUT2D eigenvalue weighted by Gasteiger charge is -2.09. The van der Waals surface area contributed by atoms with Crippen LogP contribution in [-0.2, 0) is 0 Å². The molecule has 0 unspecified atom stereocenters. The molecule has 4 aromatic carbocycles. The normalized spacial score (nSPS) is 10.1. The van der Waals surface area contributed by atoms with E-state index in [1.54, 1.807) is 31.2 Å². The molecule has 6 heteroatoms. The second kappa shape index (κ2) is 12.3. The number of rotatable bonds is 5. The van der Waals surface area contributed by atoms with Gasteiger partial charge in [0.25, 0.3) is 11.8 Å². The maximum absolute atomic E-state index is 12.1. The summed E-state index contributed by atoms with van der Waals surface area (Å²) in [7, 11) is 0. The number of benzene rings is 4. The van der Waals surface area contributed by atoms with Crippen LogP contribution in [0, 0.1) is 27.7 Å². The molecule has 4 rings (SSSR count). The highest BCUT2D eigenvalue weighted by molar-refractivity contribution is 6.06. The van der Waals surface area contributed by atoms with E-state index in [-0.39, 0.29) is 17.4 Å². The Kier molecular flexibility index (Phi) is 8.95. The first-order valence-corrected chi connectivity index (χ1v) is 11.8. The fraction of sp³-hybridized carbons (Fsp3) is 0.129. The van der Waals surface area contributed by atoms with E-state index in [2.05, 4.69) is 10.6 Å². The summed E-state index contributed by atoms with van der Waals surface area (Å²) in [5.41, 5.74) is 6.59. The molecule has 2 amide bonds. The van der Waals surface area contributed by atoms with E-state index >= 15 is 0 Å². The van der Waals surface area contributed by atoms with Gasteiger partial charge in [-0.15, -0.1) is 0 Å². The van der Waals surface area contributed by atoms with E-state index in [1.165, 1.54) is 6.07 Å². The number of carboxylic acid groups (broad SMARTS) is 1. The first-order chi connectivity index (χ1) is 17.7. The Labute approximate surface area is 217 Å². The largest absolute Gasteiger partial charge is 0.478 e. The number of hydrogen-bond acceptors (Lipinski definition) is 3. The predicted molar refractivity (Wildman–Crippen MR) is 148 cm³/mol. The highest BCUT2D eigenvalue weighted by Crippen LogP contribution is 2.17. The number of anilines is 2. The molecule has 0 bridgehead atoms. The van der Waals surface area contributed by atoms with Crippen LogP contribution in [0.1, 0.15) is 53.3 Å². The van der Waals surface area contributed by atoms with Crippen LogP contribution >= 0.6 is 0 Å². The molecule has 0 saturated heterocycles. The average molecular weight is 495 g/mol. The van der Waals surface area contributed by atoms with Crippen LogP contribution in [0.4, 0.5) is 11.4 Å². The van der Waals surface area contributed by atoms with Gasteiger partial charge >= 0.3 is 5.97 Å². The number of amides is 2. The minimum atomic E-state index is -0.973. The first kappa shape index (κ1) is 26.9. The monoisotopic (exact) mass is 494 g/mol. The maximum atomic E-state index is 12.1. The summed E-state index contributed by atoms with van der Waals surface area (Å²) in [6.45, 7) is 7.51. The third-order valence-electron chi connectivity index (χ3n) is 5.77. The molecule has 4 aromatic rings. The van der Waals surface area contributed by atoms with Crippen LogP contribution in [0.3, 0.4) is 0 Å². The first-order valence-electron chi connectivity index (χ1n) is 11.8. The van der Waals surface area contributed by atoms with Crippen molar-refractivity contribution in [3.63, 3.8) is 0 Å². The number of aryl methyl sites for hydroxylation is 4. The summed E-state index contributed by atoms with van der Waals surface area (Å²) in [5.74, 6) is -1.24. The topological polar surface area (TPSA) is 95.5 Å². The zero-order valence-electron chi connectivity index (χ0n) is 21.3. The number of carbonyl (C=O) groups is 3. The molecule has 6 nitrogen and oxygen atoms in total. The van der Waals surface area contributed by atoms with Gasteiger partial charge in [-0.3, -0.25) is 9.59 Å². The van der Waals surface area contributed by atoms with Crippen molar-refractivity contribution in [3.8, 4) is 0 Å². The number of nitrogens with one attached hydrogen (secondary N) is 2. The number of carboxylic acids is 1. The second-order valence-corrected chi connectivity index (χ2v) is 8.74. The van der Waals surface area contributed by atoms with Gasteiger partial charge in [-0.2, -0.15) is 0 Å². The smallest absolute Gasteiger partial charge is 0.335 e. The fourth-order valence-electron chi connectivity index (χ4n) is 3.76. The lowest BCUT2D eigenvalue weighted by atomic mass is 10.1. The van der Waals surface area contributed by atoms with Gasteiger partial charge in [-0.1, -0.05) is 48.5 Å². The Balaban J connectivity index is 0.000000208. The van der Waals surface area contributed by atoms with Gasteiger partial charge < -0.3 is 15.7 Å². The molecule has 188 valence electrons. The van der Waals surface area contributed by atoms with Crippen molar-refractivity contribution in [1.29, 1.82) is 0 Å². The molecule has 0 aliphatic carbocycles. The van der Waals surface area contributed by atoms with Crippen molar-refractivity contribution < 1.29 is 19.5 Å². The molecule has 0 atom stereocenters. The van der Waals surface area contributed by atoms with Gasteiger partial charge in [-0.25, -0.2) is 4.79 Å². The molecule has 0 aliphatic rings. The van der Waals surface area contributed by atoms with Crippen LogP contribution in [0.15, 0.2) is 91.0 Å². The number of carbonyl (C=O) groups excluding carboxylic acids is 2. The Morgan fingerprint density at radius 2 is 1.05 bits per heavy atom. The Hall–Kier alpha value is -4.71. The van der Waals surface area contributed by atoms with Crippen molar-refractivity contribution in [2.75, 3.05) is 10.6 Å². The van der Waals surface area contributed by atoms with Crippen LogP contribution in [0.2, 0.25) is 0 Å². The molecule has 0 heterocycles. The third-order valence-corrected chi connectivity index (χ3v) is 5.77. The van der Waals surface area contributed by atoms with Crippen molar-refractivity contribution >= 4 is 29.2 Å². The zero-order chi connectivity index (χ0) is 26.9. The molecular weight excluding hydrogens is 464 g/mol. The van der Waals surface area contributed by atoms with Gasteiger partial charge in [0.2, 0.25) is 0 Å². The maximum Gasteiger partial charge on any atom is 0.335 e. The minimum Gasteiger partial charge on any atom is -0.478 e. The summed E-state index contributed by atoms with van der Waals surface area (Å²) < 4.78 is 0. The minimum absolute atomic E-state index is 0.0614. The molecule has 3 N–H and O–H groups in total. The van der Waals surface area contributed by atoms with Gasteiger partial charge in [0, 0.05) is 22.5 Å². The summed E-state index contributed by atoms with van der Waals surface area (Å²) >= 11 is 0. The van der Waals surface area contributed by atoms with Gasteiger partial charge in [0.15, 0.2) is 0 Å². The number of hydrogen-bond donors (Lipinski definition) is 3. The van der Waals surface area contributed by atoms with Crippen molar-refractivity contribution in [1.82, 2.24) is 0 Å². The standard InChI is InChI=1S/C16H15NO3.C15H15NO/c1-10-5-3-4-6-13(10)15(18)17-12-7-8-14(16(19)20)11(2)9-12;1-11-6-5-8-13(10-11)16-15(17)14-9-4-3-7-12(14)2/h3-9H,1-2H3,(H,17,18)(H,19,20);3-10H,1-2H3,(H,16,17). The lowest BCUT2D eigenvalue weighted by molar-refractivity contribution is 0.0695.